The molecule has 2 aromatic rings. The highest BCUT2D eigenvalue weighted by atomic mass is 35.5. The van der Waals surface area contributed by atoms with E-state index in [0.29, 0.717) is 6.42 Å². The fraction of sp³-hybridized carbons (Fsp3) is 0.250. The molecule has 0 atom stereocenters. The molecule has 2 rings (SSSR count). The van der Waals surface area contributed by atoms with Crippen LogP contribution in [0.25, 0.3) is 0 Å². The van der Waals surface area contributed by atoms with Crippen LogP contribution in [0.3, 0.4) is 0 Å². The van der Waals surface area contributed by atoms with Crippen molar-refractivity contribution < 1.29 is 18.0 Å². The number of carbonyl (C=O) groups excluding carboxylic acids is 2. The maximum Gasteiger partial charge on any atom is 0.270 e. The molecule has 0 radical (unpaired) electrons. The van der Waals surface area contributed by atoms with Crippen LogP contribution in [0.15, 0.2) is 41.4 Å². The second-order valence-electron chi connectivity index (χ2n) is 5.19. The quantitative estimate of drug-likeness (QED) is 0.792. The van der Waals surface area contributed by atoms with Gasteiger partial charge in [0, 0.05) is 24.6 Å². The number of carbonyl (C=O) groups is 2. The molecule has 1 aromatic carbocycles. The number of benzene rings is 1. The van der Waals surface area contributed by atoms with Crippen LogP contribution >= 0.6 is 11.6 Å². The molecule has 0 aliphatic heterocycles. The third kappa shape index (κ3) is 3.68. The van der Waals surface area contributed by atoms with Crippen molar-refractivity contribution >= 4 is 39.0 Å². The number of nitrogens with one attached hydrogen (secondary N) is 1. The summed E-state index contributed by atoms with van der Waals surface area (Å²) in [5.74, 6) is -0.683. The molecule has 0 saturated carbocycles. The minimum Gasteiger partial charge on any atom is -0.325 e. The molecule has 0 aliphatic carbocycles. The highest BCUT2D eigenvalue weighted by Gasteiger charge is 2.25. The van der Waals surface area contributed by atoms with Gasteiger partial charge in [-0.2, -0.15) is 0 Å². The van der Waals surface area contributed by atoms with Crippen LogP contribution in [0.5, 0.6) is 0 Å². The van der Waals surface area contributed by atoms with E-state index in [1.165, 1.54) is 43.5 Å². The van der Waals surface area contributed by atoms with Gasteiger partial charge in [0.25, 0.3) is 10.0 Å². The third-order valence-electron chi connectivity index (χ3n) is 3.27. The van der Waals surface area contributed by atoms with Crippen molar-refractivity contribution in [3.63, 3.8) is 0 Å². The summed E-state index contributed by atoms with van der Waals surface area (Å²) >= 11 is 5.92. The standard InChI is InChI=1S/C16H17ClN2O4S/c1-3-5-15(21)14-6-4-9-19(14)24(22,23)16-10-12(17)7-8-13(16)18-11(2)20/h4,6-10H,3,5H2,1-2H3,(H,18,20). The van der Waals surface area contributed by atoms with Gasteiger partial charge in [-0.1, -0.05) is 18.5 Å². The second-order valence-corrected chi connectivity index (χ2v) is 7.41. The molecule has 24 heavy (non-hydrogen) atoms. The Kier molecular flexibility index (Phi) is 5.46. The van der Waals surface area contributed by atoms with Gasteiger partial charge in [-0.3, -0.25) is 9.59 Å². The van der Waals surface area contributed by atoms with E-state index in [2.05, 4.69) is 5.32 Å². The van der Waals surface area contributed by atoms with Crippen LogP contribution < -0.4 is 5.32 Å². The van der Waals surface area contributed by atoms with Gasteiger partial charge in [-0.25, -0.2) is 12.4 Å². The van der Waals surface area contributed by atoms with Crippen LogP contribution in [0.1, 0.15) is 37.2 Å². The van der Waals surface area contributed by atoms with E-state index in [1.807, 2.05) is 6.92 Å². The molecule has 1 amide bonds. The Morgan fingerprint density at radius 1 is 1.25 bits per heavy atom. The summed E-state index contributed by atoms with van der Waals surface area (Å²) in [6, 6.07) is 7.08. The van der Waals surface area contributed by atoms with Crippen molar-refractivity contribution in [2.24, 2.45) is 0 Å². The van der Waals surface area contributed by atoms with Crippen molar-refractivity contribution in [1.82, 2.24) is 3.97 Å². The van der Waals surface area contributed by atoms with Gasteiger partial charge in [-0.05, 0) is 36.8 Å². The Morgan fingerprint density at radius 3 is 2.58 bits per heavy atom. The van der Waals surface area contributed by atoms with Crippen molar-refractivity contribution in [3.05, 3.63) is 47.2 Å². The molecule has 1 N–H and O–H groups in total. The lowest BCUT2D eigenvalue weighted by Gasteiger charge is -2.14. The highest BCUT2D eigenvalue weighted by molar-refractivity contribution is 7.90. The van der Waals surface area contributed by atoms with E-state index < -0.39 is 15.9 Å². The predicted molar refractivity (Wildman–Crippen MR) is 92.0 cm³/mol. The average molecular weight is 369 g/mol. The summed E-state index contributed by atoms with van der Waals surface area (Å²) in [5, 5.41) is 2.67. The molecule has 1 aromatic heterocycles. The Hall–Kier alpha value is -2.12. The van der Waals surface area contributed by atoms with Gasteiger partial charge in [-0.15, -0.1) is 0 Å². The number of ketones is 1. The summed E-state index contributed by atoms with van der Waals surface area (Å²) in [6.07, 6.45) is 2.16. The first-order valence-corrected chi connectivity index (χ1v) is 9.12. The SMILES string of the molecule is CCCC(=O)c1cccn1S(=O)(=O)c1cc(Cl)ccc1NC(C)=O. The number of hydrogen-bond donors (Lipinski definition) is 1. The van der Waals surface area contributed by atoms with Crippen molar-refractivity contribution in [3.8, 4) is 0 Å². The van der Waals surface area contributed by atoms with Crippen LogP contribution in [0.2, 0.25) is 5.02 Å². The van der Waals surface area contributed by atoms with Gasteiger partial charge >= 0.3 is 0 Å². The normalized spacial score (nSPS) is 11.3. The number of aromatic nitrogens is 1. The number of Topliss-reactive ketones (excluding diaryl/α,β-unsaturated/α-hetero) is 1. The zero-order chi connectivity index (χ0) is 17.9. The minimum atomic E-state index is -4.09. The van der Waals surface area contributed by atoms with E-state index in [9.17, 15) is 18.0 Å². The maximum atomic E-state index is 13.0. The van der Waals surface area contributed by atoms with E-state index >= 15 is 0 Å². The number of hydrogen-bond acceptors (Lipinski definition) is 4. The van der Waals surface area contributed by atoms with Crippen molar-refractivity contribution in [1.29, 1.82) is 0 Å². The summed E-state index contributed by atoms with van der Waals surface area (Å²) in [4.78, 5) is 23.3. The first-order valence-electron chi connectivity index (χ1n) is 7.30. The summed E-state index contributed by atoms with van der Waals surface area (Å²) < 4.78 is 26.9. The first-order chi connectivity index (χ1) is 11.3. The number of anilines is 1. The maximum absolute atomic E-state index is 13.0. The second kappa shape index (κ2) is 7.19. The van der Waals surface area contributed by atoms with E-state index in [-0.39, 0.29) is 33.5 Å². The number of rotatable bonds is 6. The molecule has 0 unspecified atom stereocenters. The van der Waals surface area contributed by atoms with Crippen LogP contribution in [0, 0.1) is 0 Å². The van der Waals surface area contributed by atoms with Gasteiger partial charge < -0.3 is 5.32 Å². The van der Waals surface area contributed by atoms with Crippen LogP contribution in [-0.4, -0.2) is 24.1 Å². The monoisotopic (exact) mass is 368 g/mol. The van der Waals surface area contributed by atoms with Crippen molar-refractivity contribution in [2.75, 3.05) is 5.32 Å². The van der Waals surface area contributed by atoms with Gasteiger partial charge in [0.1, 0.15) is 4.90 Å². The number of amides is 1. The zero-order valence-electron chi connectivity index (χ0n) is 13.2. The van der Waals surface area contributed by atoms with E-state index in [4.69, 9.17) is 11.6 Å². The lowest BCUT2D eigenvalue weighted by Crippen LogP contribution is -2.20. The van der Waals surface area contributed by atoms with Crippen LogP contribution in [0.4, 0.5) is 5.69 Å². The highest BCUT2D eigenvalue weighted by Crippen LogP contribution is 2.28. The number of nitrogens with zero attached hydrogens (tertiary/aromatic N) is 1. The zero-order valence-corrected chi connectivity index (χ0v) is 14.8. The number of halogens is 1. The Labute approximate surface area is 145 Å². The Bertz CT molecular complexity index is 887. The molecule has 0 saturated heterocycles. The third-order valence-corrected chi connectivity index (χ3v) is 5.23. The topological polar surface area (TPSA) is 85.2 Å². The molecule has 0 fully saturated rings. The molecule has 128 valence electrons. The molecule has 0 spiro atoms. The first kappa shape index (κ1) is 18.2. The summed E-state index contributed by atoms with van der Waals surface area (Å²) in [7, 11) is -4.09. The van der Waals surface area contributed by atoms with E-state index in [1.54, 1.807) is 0 Å². The molecule has 8 heteroatoms. The Morgan fingerprint density at radius 2 is 1.96 bits per heavy atom. The fourth-order valence-electron chi connectivity index (χ4n) is 2.26. The van der Waals surface area contributed by atoms with Crippen molar-refractivity contribution in [2.45, 2.75) is 31.6 Å². The van der Waals surface area contributed by atoms with Gasteiger partial charge in [0.15, 0.2) is 5.78 Å². The molecule has 6 nitrogen and oxygen atoms in total. The van der Waals surface area contributed by atoms with E-state index in [0.717, 1.165) is 3.97 Å². The molecular formula is C16H17ClN2O4S. The van der Waals surface area contributed by atoms with Gasteiger partial charge in [0.05, 0.1) is 11.4 Å². The smallest absolute Gasteiger partial charge is 0.270 e. The summed E-state index contributed by atoms with van der Waals surface area (Å²) in [5.41, 5.74) is 0.181. The lowest BCUT2D eigenvalue weighted by atomic mass is 10.2. The average Bonchev–Trinajstić information content (AvgIpc) is 2.99. The molecule has 1 heterocycles. The molecule has 0 bridgehead atoms. The lowest BCUT2D eigenvalue weighted by molar-refractivity contribution is -0.114. The predicted octanol–water partition coefficient (Wildman–Crippen LogP) is 3.32. The molecular weight excluding hydrogens is 352 g/mol. The van der Waals surface area contributed by atoms with Crippen LogP contribution in [-0.2, 0) is 14.8 Å². The van der Waals surface area contributed by atoms with Gasteiger partial charge in [0.2, 0.25) is 5.91 Å². The largest absolute Gasteiger partial charge is 0.325 e. The Balaban J connectivity index is 2.60. The minimum absolute atomic E-state index is 0.0746. The fourth-order valence-corrected chi connectivity index (χ4v) is 4.03. The summed E-state index contributed by atoms with van der Waals surface area (Å²) in [6.45, 7) is 3.11. The molecule has 0 aliphatic rings.